The highest BCUT2D eigenvalue weighted by Crippen LogP contribution is 2.16. The molecule has 146 valence electrons. The monoisotopic (exact) mass is 455 g/mol. The van der Waals surface area contributed by atoms with Crippen molar-refractivity contribution in [2.24, 2.45) is 0 Å². The molecule has 0 radical (unpaired) electrons. The molecule has 1 aromatic carbocycles. The number of nitrogens with one attached hydrogen (secondary N) is 2. The highest BCUT2D eigenvalue weighted by atomic mass is 79.9. The second-order valence-electron chi connectivity index (χ2n) is 6.38. The summed E-state index contributed by atoms with van der Waals surface area (Å²) in [5, 5.41) is 11.1. The minimum atomic E-state index is -3.64. The summed E-state index contributed by atoms with van der Waals surface area (Å²) in [7, 11) is -3.64. The van der Waals surface area contributed by atoms with Gasteiger partial charge in [0.2, 0.25) is 15.9 Å². The van der Waals surface area contributed by atoms with Gasteiger partial charge in [-0.3, -0.25) is 4.79 Å². The van der Waals surface area contributed by atoms with Crippen LogP contribution in [-0.2, 0) is 34.3 Å². The Bertz CT molecular complexity index is 913. The van der Waals surface area contributed by atoms with Crippen LogP contribution in [0.5, 0.6) is 0 Å². The highest BCUT2D eigenvalue weighted by Gasteiger charge is 2.16. The van der Waals surface area contributed by atoms with E-state index in [0.717, 1.165) is 37.5 Å². The molecule has 2 aromatic rings. The molecule has 1 amide bonds. The third-order valence-electron chi connectivity index (χ3n) is 4.38. The lowest BCUT2D eigenvalue weighted by atomic mass is 10.2. The van der Waals surface area contributed by atoms with Gasteiger partial charge in [-0.25, -0.2) is 13.1 Å². The molecule has 1 aliphatic rings. The molecule has 2 N–H and O–H groups in total. The lowest BCUT2D eigenvalue weighted by Gasteiger charge is -2.09. The number of hydrogen-bond donors (Lipinski definition) is 2. The van der Waals surface area contributed by atoms with Crippen LogP contribution < -0.4 is 10.0 Å². The Kier molecular flexibility index (Phi) is 6.61. The molecule has 0 saturated heterocycles. The normalized spacial score (nSPS) is 14.4. The van der Waals surface area contributed by atoms with Crippen LogP contribution in [0.4, 0.5) is 0 Å². The molecule has 27 heavy (non-hydrogen) atoms. The first kappa shape index (κ1) is 20.0. The Morgan fingerprint density at radius 1 is 1.22 bits per heavy atom. The first-order valence-electron chi connectivity index (χ1n) is 8.88. The fourth-order valence-corrected chi connectivity index (χ4v) is 4.59. The van der Waals surface area contributed by atoms with E-state index in [1.807, 2.05) is 0 Å². The Hall–Kier alpha value is -1.78. The van der Waals surface area contributed by atoms with Crippen molar-refractivity contribution in [1.82, 2.24) is 24.8 Å². The van der Waals surface area contributed by atoms with Crippen molar-refractivity contribution in [1.29, 1.82) is 0 Å². The van der Waals surface area contributed by atoms with Crippen molar-refractivity contribution < 1.29 is 13.2 Å². The quantitative estimate of drug-likeness (QED) is 0.661. The van der Waals surface area contributed by atoms with Crippen LogP contribution in [0.3, 0.4) is 0 Å². The molecule has 0 aliphatic carbocycles. The minimum Gasteiger partial charge on any atom is -0.349 e. The first-order valence-corrected chi connectivity index (χ1v) is 11.2. The summed E-state index contributed by atoms with van der Waals surface area (Å²) in [6.07, 6.45) is 4.34. The van der Waals surface area contributed by atoms with Crippen molar-refractivity contribution >= 4 is 31.9 Å². The third kappa shape index (κ3) is 5.36. The molecule has 0 fully saturated rings. The molecule has 10 heteroatoms. The number of nitrogens with zero attached hydrogens (tertiary/aromatic N) is 3. The number of benzene rings is 1. The van der Waals surface area contributed by atoms with Gasteiger partial charge in [0, 0.05) is 30.4 Å². The smallest absolute Gasteiger partial charge is 0.240 e. The molecular formula is C17H22BrN5O3S. The predicted molar refractivity (Wildman–Crippen MR) is 103 cm³/mol. The zero-order valence-corrected chi connectivity index (χ0v) is 17.2. The molecule has 1 aromatic heterocycles. The number of fused-ring (bicyclic) bond motifs is 1. The summed E-state index contributed by atoms with van der Waals surface area (Å²) in [5.74, 6) is 1.48. The van der Waals surface area contributed by atoms with Crippen molar-refractivity contribution in [2.45, 2.75) is 50.1 Å². The molecule has 0 bridgehead atoms. The van der Waals surface area contributed by atoms with E-state index in [1.54, 1.807) is 12.1 Å². The number of rotatable bonds is 7. The SMILES string of the molecule is O=C(CCNS(=O)(=O)c1cccc(Br)c1)NCc1nnc2n1CCCCC2. The molecule has 0 spiro atoms. The number of halogens is 1. The van der Waals surface area contributed by atoms with Crippen LogP contribution in [0.15, 0.2) is 33.6 Å². The Morgan fingerprint density at radius 3 is 2.89 bits per heavy atom. The van der Waals surface area contributed by atoms with E-state index < -0.39 is 10.0 Å². The lowest BCUT2D eigenvalue weighted by Crippen LogP contribution is -2.31. The zero-order valence-electron chi connectivity index (χ0n) is 14.8. The van der Waals surface area contributed by atoms with Crippen molar-refractivity contribution in [2.75, 3.05) is 6.54 Å². The fourth-order valence-electron chi connectivity index (χ4n) is 2.96. The number of aromatic nitrogens is 3. The number of amides is 1. The summed E-state index contributed by atoms with van der Waals surface area (Å²) in [6.45, 7) is 1.20. The van der Waals surface area contributed by atoms with Gasteiger partial charge in [-0.2, -0.15) is 0 Å². The minimum absolute atomic E-state index is 0.0264. The van der Waals surface area contributed by atoms with Crippen LogP contribution in [0.1, 0.15) is 37.3 Å². The van der Waals surface area contributed by atoms with E-state index in [9.17, 15) is 13.2 Å². The average molecular weight is 456 g/mol. The van der Waals surface area contributed by atoms with E-state index in [-0.39, 0.29) is 23.8 Å². The molecule has 0 unspecified atom stereocenters. The van der Waals surface area contributed by atoms with Crippen LogP contribution in [0, 0.1) is 0 Å². The van der Waals surface area contributed by atoms with E-state index in [1.165, 1.54) is 18.6 Å². The van der Waals surface area contributed by atoms with Gasteiger partial charge in [0.15, 0.2) is 5.82 Å². The molecular weight excluding hydrogens is 434 g/mol. The second-order valence-corrected chi connectivity index (χ2v) is 9.06. The van der Waals surface area contributed by atoms with Gasteiger partial charge in [-0.15, -0.1) is 10.2 Å². The van der Waals surface area contributed by atoms with Gasteiger partial charge < -0.3 is 9.88 Å². The molecule has 0 atom stereocenters. The van der Waals surface area contributed by atoms with Gasteiger partial charge in [0.25, 0.3) is 0 Å². The van der Waals surface area contributed by atoms with E-state index >= 15 is 0 Å². The maximum absolute atomic E-state index is 12.2. The van der Waals surface area contributed by atoms with Gasteiger partial charge in [0.1, 0.15) is 5.82 Å². The Labute approximate surface area is 166 Å². The van der Waals surface area contributed by atoms with E-state index in [0.29, 0.717) is 11.0 Å². The second kappa shape index (κ2) is 8.94. The van der Waals surface area contributed by atoms with Crippen LogP contribution in [0.2, 0.25) is 0 Å². The standard InChI is InChI=1S/C17H22BrN5O3S/c18-13-5-4-6-14(11-13)27(25,26)20-9-8-17(24)19-12-16-22-21-15-7-2-1-3-10-23(15)16/h4-6,11,20H,1-3,7-10,12H2,(H,19,24). The predicted octanol–water partition coefficient (Wildman–Crippen LogP) is 1.75. The van der Waals surface area contributed by atoms with Crippen LogP contribution >= 0.6 is 15.9 Å². The molecule has 8 nitrogen and oxygen atoms in total. The topological polar surface area (TPSA) is 106 Å². The molecule has 1 aliphatic heterocycles. The first-order chi connectivity index (χ1) is 13.0. The average Bonchev–Trinajstić information content (AvgIpc) is 2.86. The number of sulfonamides is 1. The molecule has 0 saturated carbocycles. The number of hydrogen-bond acceptors (Lipinski definition) is 5. The Morgan fingerprint density at radius 2 is 2.07 bits per heavy atom. The van der Waals surface area contributed by atoms with Crippen molar-refractivity contribution in [3.8, 4) is 0 Å². The summed E-state index contributed by atoms with van der Waals surface area (Å²) in [5.41, 5.74) is 0. The summed E-state index contributed by atoms with van der Waals surface area (Å²) in [6, 6.07) is 6.41. The molecule has 2 heterocycles. The fraction of sp³-hybridized carbons (Fsp3) is 0.471. The van der Waals surface area contributed by atoms with Crippen molar-refractivity contribution in [3.63, 3.8) is 0 Å². The molecule has 3 rings (SSSR count). The van der Waals surface area contributed by atoms with Gasteiger partial charge in [0.05, 0.1) is 11.4 Å². The van der Waals surface area contributed by atoms with Crippen LogP contribution in [0.25, 0.3) is 0 Å². The van der Waals surface area contributed by atoms with Gasteiger partial charge in [-0.05, 0) is 31.0 Å². The number of aryl methyl sites for hydroxylation is 1. The largest absolute Gasteiger partial charge is 0.349 e. The van der Waals surface area contributed by atoms with E-state index in [4.69, 9.17) is 0 Å². The summed E-state index contributed by atoms with van der Waals surface area (Å²) < 4.78 is 29.6. The maximum atomic E-state index is 12.2. The van der Waals surface area contributed by atoms with Crippen LogP contribution in [-0.4, -0.2) is 35.6 Å². The third-order valence-corrected chi connectivity index (χ3v) is 6.33. The van der Waals surface area contributed by atoms with Crippen molar-refractivity contribution in [3.05, 3.63) is 40.4 Å². The Balaban J connectivity index is 1.47. The highest BCUT2D eigenvalue weighted by molar-refractivity contribution is 9.10. The number of carbonyl (C=O) groups excluding carboxylic acids is 1. The van der Waals surface area contributed by atoms with Gasteiger partial charge >= 0.3 is 0 Å². The lowest BCUT2D eigenvalue weighted by molar-refractivity contribution is -0.121. The van der Waals surface area contributed by atoms with E-state index in [2.05, 4.69) is 40.7 Å². The zero-order chi connectivity index (χ0) is 19.3. The summed E-state index contributed by atoms with van der Waals surface area (Å²) >= 11 is 3.25. The maximum Gasteiger partial charge on any atom is 0.240 e. The van der Waals surface area contributed by atoms with Gasteiger partial charge in [-0.1, -0.05) is 28.4 Å². The number of carbonyl (C=O) groups is 1. The summed E-state index contributed by atoms with van der Waals surface area (Å²) in [4.78, 5) is 12.2.